The molecule has 4 aliphatic carbocycles. The van der Waals surface area contributed by atoms with Gasteiger partial charge in [0, 0.05) is 19.5 Å². The first kappa shape index (κ1) is 14.5. The number of rotatable bonds is 3. The van der Waals surface area contributed by atoms with Crippen molar-refractivity contribution in [2.45, 2.75) is 57.8 Å². The number of piperidine rings is 1. The maximum Gasteiger partial charge on any atom is 0.308 e. The van der Waals surface area contributed by atoms with E-state index in [2.05, 4.69) is 0 Å². The lowest BCUT2D eigenvalue weighted by Crippen LogP contribution is -2.50. The second-order valence-corrected chi connectivity index (χ2v) is 8.61. The number of hydrogen-bond acceptors (Lipinski definition) is 2. The summed E-state index contributed by atoms with van der Waals surface area (Å²) in [6, 6.07) is 0. The molecule has 0 aromatic rings. The van der Waals surface area contributed by atoms with E-state index in [1.807, 2.05) is 4.90 Å². The van der Waals surface area contributed by atoms with Gasteiger partial charge in [0.25, 0.3) is 0 Å². The number of carboxylic acid groups (broad SMARTS) is 1. The van der Waals surface area contributed by atoms with E-state index in [4.69, 9.17) is 0 Å². The predicted molar refractivity (Wildman–Crippen MR) is 82.2 cm³/mol. The molecule has 4 nitrogen and oxygen atoms in total. The summed E-state index contributed by atoms with van der Waals surface area (Å²) >= 11 is 0. The first-order valence-corrected chi connectivity index (χ1v) is 9.04. The number of carboxylic acids is 1. The Hall–Kier alpha value is -1.06. The molecule has 0 spiro atoms. The van der Waals surface area contributed by atoms with Gasteiger partial charge in [-0.05, 0) is 74.5 Å². The summed E-state index contributed by atoms with van der Waals surface area (Å²) in [5.41, 5.74) is 0.266. The molecule has 1 aliphatic heterocycles. The van der Waals surface area contributed by atoms with E-state index < -0.39 is 5.97 Å². The van der Waals surface area contributed by atoms with Gasteiger partial charge in [-0.2, -0.15) is 0 Å². The highest BCUT2D eigenvalue weighted by atomic mass is 16.4. The Morgan fingerprint density at radius 1 is 1.05 bits per heavy atom. The minimum Gasteiger partial charge on any atom is -0.481 e. The van der Waals surface area contributed by atoms with E-state index in [0.29, 0.717) is 13.0 Å². The van der Waals surface area contributed by atoms with Gasteiger partial charge in [0.05, 0.1) is 5.92 Å². The monoisotopic (exact) mass is 305 g/mol. The fourth-order valence-electron chi connectivity index (χ4n) is 6.34. The Morgan fingerprint density at radius 3 is 2.18 bits per heavy atom. The smallest absolute Gasteiger partial charge is 0.308 e. The third-order valence-electron chi connectivity index (χ3n) is 6.81. The molecular formula is C18H27NO3. The van der Waals surface area contributed by atoms with Crippen molar-refractivity contribution in [1.29, 1.82) is 0 Å². The Labute approximate surface area is 132 Å². The first-order valence-electron chi connectivity index (χ1n) is 9.04. The van der Waals surface area contributed by atoms with Crippen LogP contribution in [-0.4, -0.2) is 35.0 Å². The van der Waals surface area contributed by atoms with Crippen LogP contribution in [0, 0.1) is 29.1 Å². The molecule has 5 rings (SSSR count). The van der Waals surface area contributed by atoms with E-state index in [9.17, 15) is 14.7 Å². The summed E-state index contributed by atoms with van der Waals surface area (Å²) in [7, 11) is 0. The molecule has 1 saturated heterocycles. The zero-order chi connectivity index (χ0) is 15.3. The molecule has 1 heterocycles. The van der Waals surface area contributed by atoms with Gasteiger partial charge in [-0.15, -0.1) is 0 Å². The number of likely N-dealkylation sites (tertiary alicyclic amines) is 1. The minimum absolute atomic E-state index is 0.230. The fourth-order valence-corrected chi connectivity index (χ4v) is 6.34. The maximum absolute atomic E-state index is 12.8. The van der Waals surface area contributed by atoms with Crippen molar-refractivity contribution in [3.05, 3.63) is 0 Å². The Balaban J connectivity index is 1.42. The number of nitrogens with zero attached hydrogens (tertiary/aromatic N) is 1. The second-order valence-electron chi connectivity index (χ2n) is 8.61. The number of amides is 1. The van der Waals surface area contributed by atoms with Crippen LogP contribution in [0.25, 0.3) is 0 Å². The molecule has 5 aliphatic rings. The van der Waals surface area contributed by atoms with Crippen LogP contribution in [0.5, 0.6) is 0 Å². The summed E-state index contributed by atoms with van der Waals surface area (Å²) in [6.07, 6.45) is 10.2. The summed E-state index contributed by atoms with van der Waals surface area (Å²) in [4.78, 5) is 25.8. The van der Waals surface area contributed by atoms with Gasteiger partial charge in [-0.3, -0.25) is 9.59 Å². The molecule has 122 valence electrons. The zero-order valence-corrected chi connectivity index (χ0v) is 13.3. The maximum atomic E-state index is 12.8. The van der Waals surface area contributed by atoms with E-state index >= 15 is 0 Å². The molecule has 0 radical (unpaired) electrons. The average molecular weight is 305 g/mol. The summed E-state index contributed by atoms with van der Waals surface area (Å²) in [5.74, 6) is 1.74. The van der Waals surface area contributed by atoms with Crippen LogP contribution in [0.2, 0.25) is 0 Å². The predicted octanol–water partition coefficient (Wildman–Crippen LogP) is 2.92. The van der Waals surface area contributed by atoms with Gasteiger partial charge < -0.3 is 10.0 Å². The number of hydrogen-bond donors (Lipinski definition) is 1. The van der Waals surface area contributed by atoms with Crippen LogP contribution < -0.4 is 0 Å². The van der Waals surface area contributed by atoms with Gasteiger partial charge in [0.15, 0.2) is 0 Å². The van der Waals surface area contributed by atoms with E-state index in [1.54, 1.807) is 0 Å². The molecular weight excluding hydrogens is 278 g/mol. The highest BCUT2D eigenvalue weighted by molar-refractivity contribution is 5.78. The highest BCUT2D eigenvalue weighted by Gasteiger charge is 2.51. The third kappa shape index (κ3) is 2.55. The van der Waals surface area contributed by atoms with Crippen molar-refractivity contribution in [2.75, 3.05) is 13.1 Å². The van der Waals surface area contributed by atoms with Crippen LogP contribution >= 0.6 is 0 Å². The Bertz CT molecular complexity index is 451. The number of carbonyl (C=O) groups is 2. The first-order chi connectivity index (χ1) is 10.5. The molecule has 4 saturated carbocycles. The highest BCUT2D eigenvalue weighted by Crippen LogP contribution is 2.61. The molecule has 5 fully saturated rings. The van der Waals surface area contributed by atoms with Crippen LogP contribution in [-0.2, 0) is 9.59 Å². The topological polar surface area (TPSA) is 57.6 Å². The van der Waals surface area contributed by atoms with Crippen LogP contribution in [0.1, 0.15) is 57.8 Å². The Morgan fingerprint density at radius 2 is 1.64 bits per heavy atom. The quantitative estimate of drug-likeness (QED) is 0.872. The Kier molecular flexibility index (Phi) is 3.46. The van der Waals surface area contributed by atoms with Gasteiger partial charge in [0.1, 0.15) is 0 Å². The molecule has 22 heavy (non-hydrogen) atoms. The summed E-state index contributed by atoms with van der Waals surface area (Å²) in [6.45, 7) is 1.19. The van der Waals surface area contributed by atoms with Crippen LogP contribution in [0.15, 0.2) is 0 Å². The molecule has 0 aromatic carbocycles. The molecule has 1 amide bonds. The molecule has 0 aromatic heterocycles. The van der Waals surface area contributed by atoms with Crippen LogP contribution in [0.3, 0.4) is 0 Å². The van der Waals surface area contributed by atoms with Gasteiger partial charge in [-0.1, -0.05) is 0 Å². The zero-order valence-electron chi connectivity index (χ0n) is 13.3. The van der Waals surface area contributed by atoms with Crippen molar-refractivity contribution in [1.82, 2.24) is 4.90 Å². The minimum atomic E-state index is -0.743. The second kappa shape index (κ2) is 5.24. The fraction of sp³-hybridized carbons (Fsp3) is 0.889. The van der Waals surface area contributed by atoms with Crippen molar-refractivity contribution in [2.24, 2.45) is 29.1 Å². The third-order valence-corrected chi connectivity index (χ3v) is 6.81. The molecule has 4 bridgehead atoms. The lowest BCUT2D eigenvalue weighted by molar-refractivity contribution is -0.148. The van der Waals surface area contributed by atoms with E-state index in [0.717, 1.165) is 37.1 Å². The van der Waals surface area contributed by atoms with Crippen molar-refractivity contribution < 1.29 is 14.7 Å². The average Bonchev–Trinajstić information content (AvgIpc) is 2.45. The van der Waals surface area contributed by atoms with Crippen molar-refractivity contribution in [3.63, 3.8) is 0 Å². The number of carbonyl (C=O) groups excluding carboxylic acids is 1. The largest absolute Gasteiger partial charge is 0.481 e. The van der Waals surface area contributed by atoms with Gasteiger partial charge in [0.2, 0.25) is 5.91 Å². The van der Waals surface area contributed by atoms with E-state index in [-0.39, 0.29) is 17.2 Å². The van der Waals surface area contributed by atoms with Crippen molar-refractivity contribution in [3.8, 4) is 0 Å². The van der Waals surface area contributed by atoms with Crippen LogP contribution in [0.4, 0.5) is 0 Å². The lowest BCUT2D eigenvalue weighted by Gasteiger charge is -2.57. The summed E-state index contributed by atoms with van der Waals surface area (Å²) < 4.78 is 0. The standard InChI is InChI=1S/C18H27NO3/c20-16(19-3-1-2-15(11-19)17(21)22)10-18-7-12-4-13(8-18)6-14(5-12)9-18/h12-15H,1-11H2,(H,21,22)/t12?,13?,14?,15-,18?/m1/s1. The lowest BCUT2D eigenvalue weighted by atomic mass is 9.49. The van der Waals surface area contributed by atoms with Crippen molar-refractivity contribution >= 4 is 11.9 Å². The molecule has 0 unspecified atom stereocenters. The van der Waals surface area contributed by atoms with Gasteiger partial charge in [-0.25, -0.2) is 0 Å². The van der Waals surface area contributed by atoms with Gasteiger partial charge >= 0.3 is 5.97 Å². The van der Waals surface area contributed by atoms with E-state index in [1.165, 1.54) is 38.5 Å². The number of aliphatic carboxylic acids is 1. The molecule has 1 atom stereocenters. The summed E-state index contributed by atoms with van der Waals surface area (Å²) in [5, 5.41) is 9.20. The molecule has 4 heteroatoms. The normalized spacial score (nSPS) is 43.4. The molecule has 1 N–H and O–H groups in total. The SMILES string of the molecule is O=C(O)[C@@H]1CCCN(C(=O)CC23CC4CC(CC(C4)C2)C3)C1.